The number of hydrogen-bond acceptors (Lipinski definition) is 12. The van der Waals surface area contributed by atoms with Crippen molar-refractivity contribution >= 4 is 23.6 Å². The van der Waals surface area contributed by atoms with Crippen molar-refractivity contribution in [1.82, 2.24) is 31.5 Å². The van der Waals surface area contributed by atoms with Crippen molar-refractivity contribution < 1.29 is 44.3 Å². The molecule has 1 heterocycles. The molecule has 0 aliphatic carbocycles. The van der Waals surface area contributed by atoms with Crippen LogP contribution in [0.2, 0.25) is 0 Å². The first kappa shape index (κ1) is 44.0. The third-order valence-electron chi connectivity index (χ3n) is 5.00. The summed E-state index contributed by atoms with van der Waals surface area (Å²) in [6.07, 6.45) is 4.69. The van der Waals surface area contributed by atoms with Crippen molar-refractivity contribution in [2.75, 3.05) is 92.1 Å². The molecule has 0 radical (unpaired) electrons. The topological polar surface area (TPSA) is 248 Å². The van der Waals surface area contributed by atoms with Gasteiger partial charge in [0.15, 0.2) is 0 Å². The maximum Gasteiger partial charge on any atom is 0.246 e. The van der Waals surface area contributed by atoms with E-state index in [1.807, 2.05) is 0 Å². The lowest BCUT2D eigenvalue weighted by Crippen LogP contribution is -2.56. The SMILES string of the molecule is C=CC(=O)N1CCNCC1.C=CC(=O)NC(CO)(CO)CO.C=CC(=O)NCCOCCNCCN.C=CC(=O)NCO. The molecule has 0 bridgehead atoms. The van der Waals surface area contributed by atoms with Gasteiger partial charge in [-0.1, -0.05) is 26.3 Å². The standard InChI is InChI=1S/C9H19N3O2.C7H12N2O.C7H13NO4.C4H7NO2/c1-2-9(13)12-6-8-14-7-5-11-4-3-10;1-2-7(10)9-5-3-8-4-6-9;1-2-6(12)8-7(3-9,4-10)5-11;1-2-4(7)5-3-6/h2,11H,1,3-8,10H2,(H,12,13);2,8H,1,3-6H2;2,9-11H,1,3-5H2,(H,8,12);2,6H,1,3H2,(H,5,7). The Balaban J connectivity index is -0.000000509. The monoisotopic (exact) mass is 617 g/mol. The summed E-state index contributed by atoms with van der Waals surface area (Å²) in [5.74, 6) is -1.04. The van der Waals surface area contributed by atoms with Crippen molar-refractivity contribution in [3.63, 3.8) is 0 Å². The highest BCUT2D eigenvalue weighted by Gasteiger charge is 2.28. The molecule has 1 aliphatic rings. The molecule has 0 aromatic rings. The van der Waals surface area contributed by atoms with E-state index in [1.165, 1.54) is 12.2 Å². The molecule has 0 unspecified atom stereocenters. The van der Waals surface area contributed by atoms with Gasteiger partial charge < -0.3 is 62.4 Å². The number of carbonyl (C=O) groups is 4. The van der Waals surface area contributed by atoms with Crippen molar-refractivity contribution in [1.29, 1.82) is 0 Å². The molecule has 1 fully saturated rings. The molecule has 4 amide bonds. The van der Waals surface area contributed by atoms with Gasteiger partial charge in [-0.3, -0.25) is 19.2 Å². The number of aliphatic hydroxyl groups excluding tert-OH is 4. The average molecular weight is 618 g/mol. The molecule has 0 aromatic carbocycles. The van der Waals surface area contributed by atoms with Crippen LogP contribution in [-0.2, 0) is 23.9 Å². The highest BCUT2D eigenvalue weighted by Crippen LogP contribution is 2.00. The van der Waals surface area contributed by atoms with E-state index >= 15 is 0 Å². The van der Waals surface area contributed by atoms with Gasteiger partial charge in [-0.05, 0) is 24.3 Å². The number of nitrogens with two attached hydrogens (primary N) is 1. The minimum absolute atomic E-state index is 0.0431. The molecule has 248 valence electrons. The molecule has 1 rings (SSSR count). The van der Waals surface area contributed by atoms with Crippen LogP contribution >= 0.6 is 0 Å². The van der Waals surface area contributed by atoms with Gasteiger partial charge in [-0.15, -0.1) is 0 Å². The zero-order chi connectivity index (χ0) is 33.4. The summed E-state index contributed by atoms with van der Waals surface area (Å²) in [6.45, 7) is 18.5. The van der Waals surface area contributed by atoms with Crippen LogP contribution in [0.1, 0.15) is 0 Å². The minimum atomic E-state index is -1.36. The number of amides is 4. The molecule has 0 spiro atoms. The van der Waals surface area contributed by atoms with Crippen molar-refractivity contribution in [3.8, 4) is 0 Å². The summed E-state index contributed by atoms with van der Waals surface area (Å²) in [6, 6.07) is 0. The second-order valence-electron chi connectivity index (χ2n) is 8.28. The van der Waals surface area contributed by atoms with Gasteiger partial charge in [-0.2, -0.15) is 0 Å². The summed E-state index contributed by atoms with van der Waals surface area (Å²) < 4.78 is 5.22. The normalized spacial score (nSPS) is 11.8. The van der Waals surface area contributed by atoms with Gasteiger partial charge in [-0.25, -0.2) is 0 Å². The molecule has 0 aromatic heterocycles. The van der Waals surface area contributed by atoms with E-state index in [2.05, 4.69) is 52.9 Å². The Hall–Kier alpha value is -3.48. The van der Waals surface area contributed by atoms with Crippen LogP contribution in [0.25, 0.3) is 0 Å². The molecule has 0 saturated carbocycles. The van der Waals surface area contributed by atoms with Gasteiger partial charge in [0.25, 0.3) is 0 Å². The van der Waals surface area contributed by atoms with Gasteiger partial charge >= 0.3 is 0 Å². The number of rotatable bonds is 17. The summed E-state index contributed by atoms with van der Waals surface area (Å²) in [5.41, 5.74) is 3.92. The summed E-state index contributed by atoms with van der Waals surface area (Å²) in [5, 5.41) is 47.4. The zero-order valence-corrected chi connectivity index (χ0v) is 24.9. The van der Waals surface area contributed by atoms with E-state index in [4.69, 9.17) is 30.9 Å². The fraction of sp³-hybridized carbons (Fsp3) is 0.556. The summed E-state index contributed by atoms with van der Waals surface area (Å²) >= 11 is 0. The number of aliphatic hydroxyl groups is 4. The third kappa shape index (κ3) is 27.1. The number of nitrogens with zero attached hydrogens (tertiary/aromatic N) is 1. The summed E-state index contributed by atoms with van der Waals surface area (Å²) in [7, 11) is 0. The number of nitrogens with one attached hydrogen (secondary N) is 5. The van der Waals surface area contributed by atoms with Crippen LogP contribution in [-0.4, -0.2) is 147 Å². The van der Waals surface area contributed by atoms with Crippen LogP contribution in [0.5, 0.6) is 0 Å². The molecular formula is C27H51N7O9. The number of hydrogen-bond donors (Lipinski definition) is 10. The Kier molecular flexibility index (Phi) is 32.2. The maximum atomic E-state index is 10.9. The van der Waals surface area contributed by atoms with E-state index < -0.39 is 31.3 Å². The van der Waals surface area contributed by atoms with E-state index in [1.54, 1.807) is 4.90 Å². The lowest BCUT2D eigenvalue weighted by atomic mass is 10.0. The second-order valence-corrected chi connectivity index (χ2v) is 8.28. The second kappa shape index (κ2) is 31.5. The Bertz CT molecular complexity index is 795. The van der Waals surface area contributed by atoms with Crippen LogP contribution in [0.15, 0.2) is 50.6 Å². The highest BCUT2D eigenvalue weighted by molar-refractivity contribution is 5.88. The fourth-order valence-electron chi connectivity index (χ4n) is 2.54. The Morgan fingerprint density at radius 1 is 0.791 bits per heavy atom. The van der Waals surface area contributed by atoms with E-state index in [0.29, 0.717) is 26.3 Å². The number of ether oxygens (including phenoxy) is 1. The highest BCUT2D eigenvalue weighted by atomic mass is 16.5. The van der Waals surface area contributed by atoms with Crippen LogP contribution in [0, 0.1) is 0 Å². The molecule has 11 N–H and O–H groups in total. The smallest absolute Gasteiger partial charge is 0.246 e. The largest absolute Gasteiger partial charge is 0.394 e. The van der Waals surface area contributed by atoms with Gasteiger partial charge in [0.2, 0.25) is 23.6 Å². The quantitative estimate of drug-likeness (QED) is 0.0423. The number of carbonyl (C=O) groups excluding carboxylic acids is 4. The number of piperazine rings is 1. The summed E-state index contributed by atoms with van der Waals surface area (Å²) in [4.78, 5) is 44.2. The van der Waals surface area contributed by atoms with E-state index in [9.17, 15) is 19.2 Å². The van der Waals surface area contributed by atoms with Crippen LogP contribution in [0.4, 0.5) is 0 Å². The molecule has 0 atom stereocenters. The van der Waals surface area contributed by atoms with E-state index in [0.717, 1.165) is 51.4 Å². The predicted molar refractivity (Wildman–Crippen MR) is 163 cm³/mol. The van der Waals surface area contributed by atoms with Gasteiger partial charge in [0.05, 0.1) is 33.0 Å². The molecule has 16 heteroatoms. The predicted octanol–water partition coefficient (Wildman–Crippen LogP) is -4.30. The van der Waals surface area contributed by atoms with Gasteiger partial charge in [0.1, 0.15) is 12.3 Å². The first-order chi connectivity index (χ1) is 20.6. The maximum absolute atomic E-state index is 10.9. The molecule has 43 heavy (non-hydrogen) atoms. The Morgan fingerprint density at radius 2 is 1.30 bits per heavy atom. The third-order valence-corrected chi connectivity index (χ3v) is 5.00. The van der Waals surface area contributed by atoms with Gasteiger partial charge in [0, 0.05) is 52.4 Å². The van der Waals surface area contributed by atoms with E-state index in [-0.39, 0.29) is 24.5 Å². The van der Waals surface area contributed by atoms with Crippen molar-refractivity contribution in [2.24, 2.45) is 5.73 Å². The lowest BCUT2D eigenvalue weighted by molar-refractivity contribution is -0.126. The lowest BCUT2D eigenvalue weighted by Gasteiger charge is -2.27. The van der Waals surface area contributed by atoms with Crippen molar-refractivity contribution in [3.05, 3.63) is 50.6 Å². The molecule has 1 aliphatic heterocycles. The fourth-order valence-corrected chi connectivity index (χ4v) is 2.54. The van der Waals surface area contributed by atoms with Crippen LogP contribution in [0.3, 0.4) is 0 Å². The average Bonchev–Trinajstić information content (AvgIpc) is 3.05. The Labute approximate surface area is 253 Å². The first-order valence-electron chi connectivity index (χ1n) is 13.4. The minimum Gasteiger partial charge on any atom is -0.394 e. The first-order valence-corrected chi connectivity index (χ1v) is 13.4. The van der Waals surface area contributed by atoms with Crippen molar-refractivity contribution in [2.45, 2.75) is 5.54 Å². The molecule has 1 saturated heterocycles. The Morgan fingerprint density at radius 3 is 1.72 bits per heavy atom. The zero-order valence-electron chi connectivity index (χ0n) is 24.9. The molecule has 16 nitrogen and oxygen atoms in total. The molecular weight excluding hydrogens is 566 g/mol. The van der Waals surface area contributed by atoms with Crippen LogP contribution < -0.4 is 32.3 Å².